The van der Waals surface area contributed by atoms with Crippen LogP contribution in [0.4, 0.5) is 11.4 Å². The standard InChI is InChI=1S/C17H14Cl2N2O2/c1-21-14-6-5-10(7-11(14)9-16(21)23)8-15(22)20-13-4-2-3-12(18)17(13)19/h2-7H,8-9H2,1H3,(H,20,22). The molecule has 1 N–H and O–H groups in total. The van der Waals surface area contributed by atoms with Crippen LogP contribution in [0.5, 0.6) is 0 Å². The fourth-order valence-electron chi connectivity index (χ4n) is 2.61. The van der Waals surface area contributed by atoms with Crippen LogP contribution in [-0.2, 0) is 22.4 Å². The number of rotatable bonds is 3. The third kappa shape index (κ3) is 3.19. The summed E-state index contributed by atoms with van der Waals surface area (Å²) < 4.78 is 0. The highest BCUT2D eigenvalue weighted by molar-refractivity contribution is 6.44. The van der Waals surface area contributed by atoms with Crippen LogP contribution in [0.3, 0.4) is 0 Å². The van der Waals surface area contributed by atoms with Crippen LogP contribution in [0.1, 0.15) is 11.1 Å². The van der Waals surface area contributed by atoms with Gasteiger partial charge in [0.2, 0.25) is 11.8 Å². The van der Waals surface area contributed by atoms with Gasteiger partial charge in [-0.1, -0.05) is 41.4 Å². The second-order valence-corrected chi connectivity index (χ2v) is 6.20. The van der Waals surface area contributed by atoms with Crippen molar-refractivity contribution < 1.29 is 9.59 Å². The SMILES string of the molecule is CN1C(=O)Cc2cc(CC(=O)Nc3cccc(Cl)c3Cl)ccc21. The number of benzene rings is 2. The zero-order valence-corrected chi connectivity index (χ0v) is 13.9. The minimum Gasteiger partial charge on any atom is -0.324 e. The molecule has 3 rings (SSSR count). The topological polar surface area (TPSA) is 49.4 Å². The number of hydrogen-bond acceptors (Lipinski definition) is 2. The van der Waals surface area contributed by atoms with Gasteiger partial charge in [0, 0.05) is 12.7 Å². The molecule has 2 aromatic rings. The van der Waals surface area contributed by atoms with Gasteiger partial charge in [0.05, 0.1) is 28.6 Å². The molecule has 2 amide bonds. The zero-order chi connectivity index (χ0) is 16.6. The van der Waals surface area contributed by atoms with Crippen molar-refractivity contribution in [2.24, 2.45) is 0 Å². The van der Waals surface area contributed by atoms with Crippen LogP contribution < -0.4 is 10.2 Å². The smallest absolute Gasteiger partial charge is 0.231 e. The van der Waals surface area contributed by atoms with Crippen molar-refractivity contribution in [2.75, 3.05) is 17.3 Å². The van der Waals surface area contributed by atoms with Crippen molar-refractivity contribution in [2.45, 2.75) is 12.8 Å². The maximum atomic E-state index is 12.2. The lowest BCUT2D eigenvalue weighted by molar-refractivity contribution is -0.117. The predicted molar refractivity (Wildman–Crippen MR) is 92.4 cm³/mol. The van der Waals surface area contributed by atoms with E-state index in [1.54, 1.807) is 30.1 Å². The third-order valence-corrected chi connectivity index (χ3v) is 4.63. The van der Waals surface area contributed by atoms with E-state index >= 15 is 0 Å². The van der Waals surface area contributed by atoms with Gasteiger partial charge in [-0.05, 0) is 29.3 Å². The molecule has 1 heterocycles. The molecule has 0 radical (unpaired) electrons. The molecule has 0 fully saturated rings. The monoisotopic (exact) mass is 348 g/mol. The van der Waals surface area contributed by atoms with Gasteiger partial charge in [-0.2, -0.15) is 0 Å². The minimum atomic E-state index is -0.188. The van der Waals surface area contributed by atoms with Gasteiger partial charge in [-0.15, -0.1) is 0 Å². The summed E-state index contributed by atoms with van der Waals surface area (Å²) in [6, 6.07) is 10.7. The quantitative estimate of drug-likeness (QED) is 0.919. The molecule has 0 saturated carbocycles. The lowest BCUT2D eigenvalue weighted by Gasteiger charge is -2.11. The van der Waals surface area contributed by atoms with Crippen molar-refractivity contribution in [3.8, 4) is 0 Å². The van der Waals surface area contributed by atoms with Crippen molar-refractivity contribution in [1.82, 2.24) is 0 Å². The van der Waals surface area contributed by atoms with E-state index in [1.807, 2.05) is 18.2 Å². The fraction of sp³-hybridized carbons (Fsp3) is 0.176. The Balaban J connectivity index is 1.73. The molecule has 0 aliphatic carbocycles. The molecular weight excluding hydrogens is 335 g/mol. The first-order valence-corrected chi connectivity index (χ1v) is 7.83. The molecule has 0 saturated heterocycles. The molecule has 0 spiro atoms. The Bertz CT molecular complexity index is 805. The minimum absolute atomic E-state index is 0.0623. The summed E-state index contributed by atoms with van der Waals surface area (Å²) in [7, 11) is 1.75. The number of nitrogens with zero attached hydrogens (tertiary/aromatic N) is 1. The molecule has 2 aromatic carbocycles. The van der Waals surface area contributed by atoms with E-state index in [4.69, 9.17) is 23.2 Å². The molecular formula is C17H14Cl2N2O2. The van der Waals surface area contributed by atoms with E-state index in [1.165, 1.54) is 0 Å². The van der Waals surface area contributed by atoms with Crippen LogP contribution >= 0.6 is 23.2 Å². The fourth-order valence-corrected chi connectivity index (χ4v) is 2.96. The van der Waals surface area contributed by atoms with E-state index in [9.17, 15) is 9.59 Å². The van der Waals surface area contributed by atoms with Crippen molar-refractivity contribution in [3.05, 3.63) is 57.6 Å². The predicted octanol–water partition coefficient (Wildman–Crippen LogP) is 3.69. The Hall–Kier alpha value is -2.04. The first kappa shape index (κ1) is 15.8. The molecule has 4 nitrogen and oxygen atoms in total. The normalized spacial score (nSPS) is 13.2. The lowest BCUT2D eigenvalue weighted by Crippen LogP contribution is -2.20. The van der Waals surface area contributed by atoms with E-state index in [2.05, 4.69) is 5.32 Å². The van der Waals surface area contributed by atoms with Gasteiger partial charge >= 0.3 is 0 Å². The first-order chi connectivity index (χ1) is 11.0. The summed E-state index contributed by atoms with van der Waals surface area (Å²) in [4.78, 5) is 25.5. The molecule has 0 atom stereocenters. The number of likely N-dealkylation sites (N-methyl/N-ethyl adjacent to an activating group) is 1. The maximum absolute atomic E-state index is 12.2. The molecule has 0 aromatic heterocycles. The lowest BCUT2D eigenvalue weighted by atomic mass is 10.1. The van der Waals surface area contributed by atoms with Gasteiger partial charge in [0.25, 0.3) is 0 Å². The molecule has 0 bridgehead atoms. The largest absolute Gasteiger partial charge is 0.324 e. The number of anilines is 2. The van der Waals surface area contributed by atoms with Crippen molar-refractivity contribution in [1.29, 1.82) is 0 Å². The Kier molecular flexibility index (Phi) is 4.28. The van der Waals surface area contributed by atoms with Crippen molar-refractivity contribution >= 4 is 46.4 Å². The maximum Gasteiger partial charge on any atom is 0.231 e. The number of hydrogen-bond donors (Lipinski definition) is 1. The number of halogens is 2. The van der Waals surface area contributed by atoms with Crippen LogP contribution in [-0.4, -0.2) is 18.9 Å². The van der Waals surface area contributed by atoms with Gasteiger partial charge in [0.1, 0.15) is 0 Å². The second kappa shape index (κ2) is 6.22. The third-order valence-electron chi connectivity index (χ3n) is 3.81. The number of nitrogens with one attached hydrogen (secondary N) is 1. The molecule has 1 aliphatic rings. The molecule has 1 aliphatic heterocycles. The second-order valence-electron chi connectivity index (χ2n) is 5.42. The van der Waals surface area contributed by atoms with Crippen LogP contribution in [0.15, 0.2) is 36.4 Å². The molecule has 0 unspecified atom stereocenters. The average molecular weight is 349 g/mol. The van der Waals surface area contributed by atoms with Gasteiger partial charge < -0.3 is 10.2 Å². The van der Waals surface area contributed by atoms with E-state index in [-0.39, 0.29) is 18.2 Å². The van der Waals surface area contributed by atoms with Crippen LogP contribution in [0.25, 0.3) is 0 Å². The number of carbonyl (C=O) groups excluding carboxylic acids is 2. The Morgan fingerprint density at radius 3 is 2.83 bits per heavy atom. The van der Waals surface area contributed by atoms with Crippen LogP contribution in [0.2, 0.25) is 10.0 Å². The summed E-state index contributed by atoms with van der Waals surface area (Å²) >= 11 is 12.0. The first-order valence-electron chi connectivity index (χ1n) is 7.08. The van der Waals surface area contributed by atoms with Crippen molar-refractivity contribution in [3.63, 3.8) is 0 Å². The van der Waals surface area contributed by atoms with E-state index in [0.717, 1.165) is 16.8 Å². The summed E-state index contributed by atoms with van der Waals surface area (Å²) in [5.41, 5.74) is 3.18. The van der Waals surface area contributed by atoms with Gasteiger partial charge in [-0.3, -0.25) is 9.59 Å². The molecule has 6 heteroatoms. The van der Waals surface area contributed by atoms with Gasteiger partial charge in [0.15, 0.2) is 0 Å². The summed E-state index contributed by atoms with van der Waals surface area (Å²) in [6.07, 6.45) is 0.579. The zero-order valence-electron chi connectivity index (χ0n) is 12.4. The number of carbonyl (C=O) groups is 2. The highest BCUT2D eigenvalue weighted by Crippen LogP contribution is 2.30. The number of fused-ring (bicyclic) bond motifs is 1. The highest BCUT2D eigenvalue weighted by Gasteiger charge is 2.24. The Labute approximate surface area is 144 Å². The van der Waals surface area contributed by atoms with E-state index < -0.39 is 0 Å². The summed E-state index contributed by atoms with van der Waals surface area (Å²) in [5, 5.41) is 3.47. The highest BCUT2D eigenvalue weighted by atomic mass is 35.5. The van der Waals surface area contributed by atoms with Crippen LogP contribution in [0, 0.1) is 0 Å². The van der Waals surface area contributed by atoms with Gasteiger partial charge in [-0.25, -0.2) is 0 Å². The Morgan fingerprint density at radius 1 is 1.26 bits per heavy atom. The summed E-state index contributed by atoms with van der Waals surface area (Å²) in [5.74, 6) is -0.126. The summed E-state index contributed by atoms with van der Waals surface area (Å²) in [6.45, 7) is 0. The number of amides is 2. The van der Waals surface area contributed by atoms with E-state index in [0.29, 0.717) is 22.2 Å². The molecule has 23 heavy (non-hydrogen) atoms. The average Bonchev–Trinajstić information content (AvgIpc) is 2.78. The molecule has 118 valence electrons. The Morgan fingerprint density at radius 2 is 2.04 bits per heavy atom.